The van der Waals surface area contributed by atoms with Crippen LogP contribution < -0.4 is 0 Å². The highest BCUT2D eigenvalue weighted by Gasteiger charge is 2.55. The van der Waals surface area contributed by atoms with Crippen molar-refractivity contribution in [3.63, 3.8) is 0 Å². The molecular formula is C17H17F2NO3. The van der Waals surface area contributed by atoms with Crippen LogP contribution in [0.5, 0.6) is 0 Å². The number of rotatable bonds is 3. The second-order valence-corrected chi connectivity index (χ2v) is 6.83. The summed E-state index contributed by atoms with van der Waals surface area (Å²) in [5.41, 5.74) is -1.35. The van der Waals surface area contributed by atoms with Gasteiger partial charge in [-0.05, 0) is 31.7 Å². The number of carbonyl (C=O) groups is 2. The van der Waals surface area contributed by atoms with Crippen molar-refractivity contribution in [1.29, 1.82) is 0 Å². The lowest BCUT2D eigenvalue weighted by molar-refractivity contribution is -0.141. The largest absolute Gasteiger partial charge is 0.468 e. The Labute approximate surface area is 132 Å². The maximum Gasteiger partial charge on any atom is 0.325 e. The number of fused-ring (bicyclic) bond motifs is 2. The van der Waals surface area contributed by atoms with Crippen LogP contribution in [0.15, 0.2) is 12.1 Å². The lowest BCUT2D eigenvalue weighted by atomic mass is 9.83. The van der Waals surface area contributed by atoms with Crippen LogP contribution in [0.4, 0.5) is 8.78 Å². The van der Waals surface area contributed by atoms with Crippen molar-refractivity contribution in [2.75, 3.05) is 20.2 Å². The molecule has 2 saturated carbocycles. The Balaban J connectivity index is 1.78. The SMILES string of the molecule is COC(=O)CN1CC2(CC2)c2c(ccc(C3(F)CC3)c2F)C1=O. The number of hydrogen-bond acceptors (Lipinski definition) is 3. The van der Waals surface area contributed by atoms with Crippen LogP contribution >= 0.6 is 0 Å². The molecule has 6 heteroatoms. The number of nitrogens with zero attached hydrogens (tertiary/aromatic N) is 1. The molecule has 1 aliphatic heterocycles. The van der Waals surface area contributed by atoms with Crippen LogP contribution in [0.3, 0.4) is 0 Å². The van der Waals surface area contributed by atoms with Gasteiger partial charge in [0.05, 0.1) is 7.11 Å². The van der Waals surface area contributed by atoms with Gasteiger partial charge in [-0.1, -0.05) is 6.07 Å². The van der Waals surface area contributed by atoms with Crippen LogP contribution in [-0.4, -0.2) is 37.0 Å². The molecule has 0 bridgehead atoms. The number of methoxy groups -OCH3 is 1. The summed E-state index contributed by atoms with van der Waals surface area (Å²) >= 11 is 0. The molecule has 0 saturated heterocycles. The number of esters is 1. The number of hydrogen-bond donors (Lipinski definition) is 0. The zero-order chi connectivity index (χ0) is 16.4. The summed E-state index contributed by atoms with van der Waals surface area (Å²) < 4.78 is 33.9. The number of ether oxygens (including phenoxy) is 1. The van der Waals surface area contributed by atoms with Crippen molar-refractivity contribution >= 4 is 11.9 Å². The van der Waals surface area contributed by atoms with E-state index in [1.165, 1.54) is 24.1 Å². The molecule has 1 aromatic rings. The molecule has 4 rings (SSSR count). The molecule has 0 aromatic heterocycles. The molecule has 1 heterocycles. The minimum atomic E-state index is -1.57. The minimum absolute atomic E-state index is 0.0803. The average Bonchev–Trinajstić information content (AvgIpc) is 3.44. The molecule has 23 heavy (non-hydrogen) atoms. The quantitative estimate of drug-likeness (QED) is 0.804. The topological polar surface area (TPSA) is 46.6 Å². The molecule has 1 aromatic carbocycles. The van der Waals surface area contributed by atoms with Crippen molar-refractivity contribution in [3.05, 3.63) is 34.6 Å². The van der Waals surface area contributed by atoms with E-state index in [9.17, 15) is 18.4 Å². The van der Waals surface area contributed by atoms with Gasteiger partial charge < -0.3 is 9.64 Å². The zero-order valence-corrected chi connectivity index (χ0v) is 12.8. The smallest absolute Gasteiger partial charge is 0.325 e. The molecule has 0 radical (unpaired) electrons. The van der Waals surface area contributed by atoms with Gasteiger partial charge in [-0.2, -0.15) is 0 Å². The standard InChI is InChI=1S/C17H17F2NO3/c1-23-12(21)8-20-9-16(4-5-16)13-10(15(20)22)2-3-11(14(13)18)17(19)6-7-17/h2-3H,4-9H2,1H3. The highest BCUT2D eigenvalue weighted by molar-refractivity contribution is 5.99. The Hall–Kier alpha value is -1.98. The van der Waals surface area contributed by atoms with Gasteiger partial charge in [0.25, 0.3) is 5.91 Å². The number of alkyl halides is 1. The first-order valence-electron chi connectivity index (χ1n) is 7.79. The Kier molecular flexibility index (Phi) is 2.87. The van der Waals surface area contributed by atoms with E-state index in [-0.39, 0.29) is 24.2 Å². The first kappa shape index (κ1) is 14.6. The number of amides is 1. The van der Waals surface area contributed by atoms with Gasteiger partial charge in [-0.3, -0.25) is 9.59 Å². The maximum absolute atomic E-state index is 15.0. The molecule has 2 fully saturated rings. The van der Waals surface area contributed by atoms with Crippen LogP contribution in [0, 0.1) is 5.82 Å². The highest BCUT2D eigenvalue weighted by atomic mass is 19.2. The van der Waals surface area contributed by atoms with Crippen LogP contribution in [-0.2, 0) is 20.6 Å². The van der Waals surface area contributed by atoms with Crippen LogP contribution in [0.1, 0.15) is 47.2 Å². The molecule has 0 unspecified atom stereocenters. The van der Waals surface area contributed by atoms with Gasteiger partial charge in [0.15, 0.2) is 0 Å². The summed E-state index contributed by atoms with van der Waals surface area (Å²) in [6.45, 7) is 0.139. The van der Waals surface area contributed by atoms with E-state index < -0.39 is 28.8 Å². The predicted octanol–water partition coefficient (Wildman–Crippen LogP) is 2.44. The van der Waals surface area contributed by atoms with E-state index >= 15 is 0 Å². The van der Waals surface area contributed by atoms with Gasteiger partial charge in [-0.15, -0.1) is 0 Å². The van der Waals surface area contributed by atoms with E-state index in [0.29, 0.717) is 18.4 Å². The van der Waals surface area contributed by atoms with E-state index in [0.717, 1.165) is 12.8 Å². The molecular weight excluding hydrogens is 304 g/mol. The Morgan fingerprint density at radius 3 is 2.57 bits per heavy atom. The fraction of sp³-hybridized carbons (Fsp3) is 0.529. The molecule has 1 spiro atoms. The van der Waals surface area contributed by atoms with Crippen LogP contribution in [0.2, 0.25) is 0 Å². The molecule has 1 amide bonds. The number of halogens is 2. The fourth-order valence-corrected chi connectivity index (χ4v) is 3.59. The Bertz CT molecular complexity index is 723. The van der Waals surface area contributed by atoms with Crippen molar-refractivity contribution in [1.82, 2.24) is 4.90 Å². The Morgan fingerprint density at radius 2 is 2.00 bits per heavy atom. The van der Waals surface area contributed by atoms with Gasteiger partial charge in [0.2, 0.25) is 0 Å². The van der Waals surface area contributed by atoms with E-state index in [4.69, 9.17) is 0 Å². The zero-order valence-electron chi connectivity index (χ0n) is 12.8. The van der Waals surface area contributed by atoms with Gasteiger partial charge >= 0.3 is 5.97 Å². The fourth-order valence-electron chi connectivity index (χ4n) is 3.59. The lowest BCUT2D eigenvalue weighted by Crippen LogP contribution is -2.46. The van der Waals surface area contributed by atoms with Gasteiger partial charge in [-0.25, -0.2) is 8.78 Å². The first-order chi connectivity index (χ1) is 10.9. The highest BCUT2D eigenvalue weighted by Crippen LogP contribution is 2.57. The van der Waals surface area contributed by atoms with E-state index in [1.54, 1.807) is 0 Å². The number of carbonyl (C=O) groups excluding carboxylic acids is 2. The number of benzene rings is 1. The third-order valence-electron chi connectivity index (χ3n) is 5.26. The third-order valence-corrected chi connectivity index (χ3v) is 5.26. The summed E-state index contributed by atoms with van der Waals surface area (Å²) in [4.78, 5) is 25.5. The molecule has 122 valence electrons. The molecule has 2 aliphatic carbocycles. The Morgan fingerprint density at radius 1 is 1.30 bits per heavy atom. The van der Waals surface area contributed by atoms with Gasteiger partial charge in [0.1, 0.15) is 18.0 Å². The van der Waals surface area contributed by atoms with E-state index in [2.05, 4.69) is 4.74 Å². The second kappa shape index (κ2) is 4.52. The lowest BCUT2D eigenvalue weighted by Gasteiger charge is -2.34. The maximum atomic E-state index is 15.0. The molecule has 0 atom stereocenters. The summed E-state index contributed by atoms with van der Waals surface area (Å²) in [5.74, 6) is -1.46. The minimum Gasteiger partial charge on any atom is -0.468 e. The first-order valence-corrected chi connectivity index (χ1v) is 7.79. The summed E-state index contributed by atoms with van der Waals surface area (Å²) in [5, 5.41) is 0. The average molecular weight is 321 g/mol. The van der Waals surface area contributed by atoms with Crippen LogP contribution in [0.25, 0.3) is 0 Å². The summed E-state index contributed by atoms with van der Waals surface area (Å²) in [6, 6.07) is 2.90. The summed E-state index contributed by atoms with van der Waals surface area (Å²) in [7, 11) is 1.26. The predicted molar refractivity (Wildman–Crippen MR) is 77.3 cm³/mol. The second-order valence-electron chi connectivity index (χ2n) is 6.83. The molecule has 4 nitrogen and oxygen atoms in total. The van der Waals surface area contributed by atoms with Crippen molar-refractivity contribution in [3.8, 4) is 0 Å². The third kappa shape index (κ3) is 2.07. The normalized spacial score (nSPS) is 22.7. The van der Waals surface area contributed by atoms with Crippen molar-refractivity contribution in [2.45, 2.75) is 36.8 Å². The van der Waals surface area contributed by atoms with Gasteiger partial charge in [0, 0.05) is 28.7 Å². The van der Waals surface area contributed by atoms with Crippen molar-refractivity contribution in [2.24, 2.45) is 0 Å². The van der Waals surface area contributed by atoms with Crippen molar-refractivity contribution < 1.29 is 23.1 Å². The van der Waals surface area contributed by atoms with E-state index in [1.807, 2.05) is 0 Å². The summed E-state index contributed by atoms with van der Waals surface area (Å²) in [6.07, 6.45) is 2.14. The molecule has 0 N–H and O–H groups in total. The monoisotopic (exact) mass is 321 g/mol. The molecule has 3 aliphatic rings.